The predicted octanol–water partition coefficient (Wildman–Crippen LogP) is 1.89. The van der Waals surface area contributed by atoms with Crippen molar-refractivity contribution < 1.29 is 24.2 Å². The Balaban J connectivity index is 2.30. The topological polar surface area (TPSA) is 84.9 Å². The molecule has 1 amide bonds. The van der Waals surface area contributed by atoms with Crippen LogP contribution in [0.4, 0.5) is 0 Å². The lowest BCUT2D eigenvalue weighted by molar-refractivity contribution is -0.150. The van der Waals surface area contributed by atoms with E-state index in [1.165, 1.54) is 0 Å². The Morgan fingerprint density at radius 3 is 2.61 bits per heavy atom. The van der Waals surface area contributed by atoms with Gasteiger partial charge in [0.05, 0.1) is 7.11 Å². The highest BCUT2D eigenvalue weighted by atomic mass is 16.5. The maximum absolute atomic E-state index is 11.3. The maximum Gasteiger partial charge on any atom is 0.394 e. The molecule has 1 aromatic carbocycles. The maximum atomic E-state index is 11.3. The number of amides is 1. The van der Waals surface area contributed by atoms with Crippen molar-refractivity contribution in [1.29, 1.82) is 0 Å². The second-order valence-corrected chi connectivity index (χ2v) is 7.08. The van der Waals surface area contributed by atoms with Gasteiger partial charge in [-0.1, -0.05) is 19.9 Å². The zero-order valence-electron chi connectivity index (χ0n) is 14.1. The minimum atomic E-state index is -1.48. The van der Waals surface area contributed by atoms with Crippen molar-refractivity contribution in [3.63, 3.8) is 0 Å². The lowest BCUT2D eigenvalue weighted by atomic mass is 9.83. The molecule has 23 heavy (non-hydrogen) atoms. The average molecular weight is 321 g/mol. The summed E-state index contributed by atoms with van der Waals surface area (Å²) in [5.41, 5.74) is 1.29. The van der Waals surface area contributed by atoms with E-state index in [0.29, 0.717) is 5.75 Å². The number of fused-ring (bicyclic) bond motifs is 1. The van der Waals surface area contributed by atoms with Crippen LogP contribution in [-0.4, -0.2) is 36.2 Å². The Morgan fingerprint density at radius 2 is 2.04 bits per heavy atom. The summed E-state index contributed by atoms with van der Waals surface area (Å²) in [5, 5.41) is 11.1. The molecule has 6 nitrogen and oxygen atoms in total. The minimum absolute atomic E-state index is 0.213. The number of ether oxygens (including phenoxy) is 2. The molecule has 126 valence electrons. The first-order valence-corrected chi connectivity index (χ1v) is 7.47. The number of carbonyl (C=O) groups excluding carboxylic acids is 1. The molecule has 0 unspecified atom stereocenters. The summed E-state index contributed by atoms with van der Waals surface area (Å²) < 4.78 is 11.4. The normalized spacial score (nSPS) is 15.5. The molecular weight excluding hydrogens is 298 g/mol. The molecule has 0 atom stereocenters. The number of hydrogen-bond acceptors (Lipinski definition) is 4. The number of hydrogen-bond donors (Lipinski definition) is 2. The van der Waals surface area contributed by atoms with Gasteiger partial charge in [0.2, 0.25) is 0 Å². The summed E-state index contributed by atoms with van der Waals surface area (Å²) in [6.45, 7) is 8.13. The zero-order chi connectivity index (χ0) is 17.4. The van der Waals surface area contributed by atoms with Crippen LogP contribution in [0.3, 0.4) is 0 Å². The van der Waals surface area contributed by atoms with Gasteiger partial charge in [-0.15, -0.1) is 0 Å². The minimum Gasteiger partial charge on any atom is -0.493 e. The van der Waals surface area contributed by atoms with E-state index < -0.39 is 17.3 Å². The zero-order valence-corrected chi connectivity index (χ0v) is 14.1. The van der Waals surface area contributed by atoms with Crippen molar-refractivity contribution in [2.75, 3.05) is 13.7 Å². The summed E-state index contributed by atoms with van der Waals surface area (Å²) in [6, 6.07) is 3.92. The molecule has 0 radical (unpaired) electrons. The van der Waals surface area contributed by atoms with Gasteiger partial charge in [0.15, 0.2) is 11.5 Å². The van der Waals surface area contributed by atoms with Crippen molar-refractivity contribution in [1.82, 2.24) is 5.32 Å². The van der Waals surface area contributed by atoms with Gasteiger partial charge in [0.1, 0.15) is 5.60 Å². The van der Waals surface area contributed by atoms with Gasteiger partial charge in [-0.25, -0.2) is 4.79 Å². The third-order valence-electron chi connectivity index (χ3n) is 4.01. The Labute approximate surface area is 135 Å². The Morgan fingerprint density at radius 1 is 1.39 bits per heavy atom. The quantitative estimate of drug-likeness (QED) is 0.827. The second-order valence-electron chi connectivity index (χ2n) is 7.08. The first-order chi connectivity index (χ1) is 10.6. The van der Waals surface area contributed by atoms with E-state index in [0.717, 1.165) is 23.3 Å². The summed E-state index contributed by atoms with van der Waals surface area (Å²) in [7, 11) is 1.59. The van der Waals surface area contributed by atoms with Crippen molar-refractivity contribution >= 4 is 11.9 Å². The number of benzene rings is 1. The van der Waals surface area contributed by atoms with Crippen molar-refractivity contribution in [2.45, 2.75) is 45.1 Å². The van der Waals surface area contributed by atoms with Crippen molar-refractivity contribution in [3.8, 4) is 11.5 Å². The third-order valence-corrected chi connectivity index (χ3v) is 4.01. The highest BCUT2D eigenvalue weighted by Gasteiger charge is 2.35. The van der Waals surface area contributed by atoms with Crippen LogP contribution in [0.25, 0.3) is 0 Å². The van der Waals surface area contributed by atoms with Crippen LogP contribution in [0, 0.1) is 0 Å². The number of aliphatic carboxylic acids is 1. The van der Waals surface area contributed by atoms with Crippen LogP contribution in [0.1, 0.15) is 38.8 Å². The van der Waals surface area contributed by atoms with Gasteiger partial charge in [0, 0.05) is 23.9 Å². The molecule has 0 aliphatic carbocycles. The van der Waals surface area contributed by atoms with E-state index in [9.17, 15) is 9.59 Å². The molecule has 1 aliphatic heterocycles. The SMILES string of the molecule is COc1cc(C(C)(C)CNC(=O)C(=O)O)cc2c1OC(C)(C)C2. The van der Waals surface area contributed by atoms with E-state index in [1.54, 1.807) is 7.11 Å². The number of carboxylic acid groups (broad SMARTS) is 1. The number of rotatable bonds is 4. The van der Waals surface area contributed by atoms with E-state index in [2.05, 4.69) is 5.32 Å². The summed E-state index contributed by atoms with van der Waals surface area (Å²) in [6.07, 6.45) is 0.768. The van der Waals surface area contributed by atoms with Gasteiger partial charge < -0.3 is 19.9 Å². The molecule has 1 heterocycles. The van der Waals surface area contributed by atoms with Crippen LogP contribution in [-0.2, 0) is 21.4 Å². The predicted molar refractivity (Wildman–Crippen MR) is 85.1 cm³/mol. The fraction of sp³-hybridized carbons (Fsp3) is 0.529. The van der Waals surface area contributed by atoms with Gasteiger partial charge in [0.25, 0.3) is 0 Å². The summed E-state index contributed by atoms with van der Waals surface area (Å²) in [5.74, 6) is -1.08. The van der Waals surface area contributed by atoms with Gasteiger partial charge >= 0.3 is 11.9 Å². The Bertz CT molecular complexity index is 649. The van der Waals surface area contributed by atoms with E-state index in [-0.39, 0.29) is 12.1 Å². The highest BCUT2D eigenvalue weighted by Crippen LogP contribution is 2.44. The summed E-state index contributed by atoms with van der Waals surface area (Å²) in [4.78, 5) is 21.9. The van der Waals surface area contributed by atoms with Gasteiger partial charge in [-0.3, -0.25) is 4.79 Å². The highest BCUT2D eigenvalue weighted by molar-refractivity contribution is 6.31. The monoisotopic (exact) mass is 321 g/mol. The smallest absolute Gasteiger partial charge is 0.394 e. The van der Waals surface area contributed by atoms with Crippen LogP contribution in [0.5, 0.6) is 11.5 Å². The fourth-order valence-corrected chi connectivity index (χ4v) is 2.70. The van der Waals surface area contributed by atoms with E-state index in [4.69, 9.17) is 14.6 Å². The molecule has 2 rings (SSSR count). The average Bonchev–Trinajstić information content (AvgIpc) is 2.77. The first kappa shape index (κ1) is 17.1. The molecule has 0 bridgehead atoms. The molecule has 1 aliphatic rings. The molecule has 6 heteroatoms. The largest absolute Gasteiger partial charge is 0.493 e. The van der Waals surface area contributed by atoms with E-state index >= 15 is 0 Å². The van der Waals surface area contributed by atoms with Crippen LogP contribution < -0.4 is 14.8 Å². The third kappa shape index (κ3) is 3.57. The standard InChI is InChI=1S/C17H23NO5/c1-16(2,9-18-14(19)15(20)21)11-6-10-8-17(3,4)23-13(10)12(7-11)22-5/h6-7H,8-9H2,1-5H3,(H,18,19)(H,20,21). The first-order valence-electron chi connectivity index (χ1n) is 7.47. The second kappa shape index (κ2) is 5.76. The van der Waals surface area contributed by atoms with Gasteiger partial charge in [-0.2, -0.15) is 0 Å². The van der Waals surface area contributed by atoms with Gasteiger partial charge in [-0.05, 0) is 25.5 Å². The molecule has 1 aromatic rings. The fourth-order valence-electron chi connectivity index (χ4n) is 2.70. The molecule has 0 fully saturated rings. The Hall–Kier alpha value is -2.24. The molecule has 0 aromatic heterocycles. The lowest BCUT2D eigenvalue weighted by Gasteiger charge is -2.26. The molecular formula is C17H23NO5. The van der Waals surface area contributed by atoms with Crippen molar-refractivity contribution in [2.24, 2.45) is 0 Å². The Kier molecular flexibility index (Phi) is 4.28. The van der Waals surface area contributed by atoms with Crippen LogP contribution in [0.2, 0.25) is 0 Å². The molecule has 0 saturated carbocycles. The lowest BCUT2D eigenvalue weighted by Crippen LogP contribution is -2.39. The molecule has 0 saturated heterocycles. The molecule has 0 spiro atoms. The van der Waals surface area contributed by atoms with Crippen LogP contribution >= 0.6 is 0 Å². The number of methoxy groups -OCH3 is 1. The van der Waals surface area contributed by atoms with E-state index in [1.807, 2.05) is 39.8 Å². The van der Waals surface area contributed by atoms with Crippen LogP contribution in [0.15, 0.2) is 12.1 Å². The summed E-state index contributed by atoms with van der Waals surface area (Å²) >= 11 is 0. The molecule has 2 N–H and O–H groups in total. The number of carboxylic acids is 1. The number of nitrogens with one attached hydrogen (secondary N) is 1. The van der Waals surface area contributed by atoms with Crippen molar-refractivity contribution in [3.05, 3.63) is 23.3 Å². The number of carbonyl (C=O) groups is 2.